The zero-order valence-electron chi connectivity index (χ0n) is 11.8. The maximum atomic E-state index is 12.6. The molecule has 108 valence electrons. The summed E-state index contributed by atoms with van der Waals surface area (Å²) in [5.74, 6) is -0.504. The van der Waals surface area contributed by atoms with Gasteiger partial charge in [0, 0.05) is 12.6 Å². The van der Waals surface area contributed by atoms with E-state index in [4.69, 9.17) is 9.84 Å². The highest BCUT2D eigenvalue weighted by molar-refractivity contribution is 5.97. The first-order valence-electron chi connectivity index (χ1n) is 6.70. The van der Waals surface area contributed by atoms with Gasteiger partial charge in [-0.1, -0.05) is 11.6 Å². The van der Waals surface area contributed by atoms with Gasteiger partial charge < -0.3 is 14.7 Å². The van der Waals surface area contributed by atoms with Gasteiger partial charge in [0.2, 0.25) is 0 Å². The van der Waals surface area contributed by atoms with E-state index in [1.54, 1.807) is 17.0 Å². The van der Waals surface area contributed by atoms with E-state index in [1.807, 2.05) is 13.0 Å². The van der Waals surface area contributed by atoms with Gasteiger partial charge in [-0.2, -0.15) is 0 Å². The maximum absolute atomic E-state index is 12.6. The Morgan fingerprint density at radius 2 is 2.10 bits per heavy atom. The molecule has 2 rings (SSSR count). The van der Waals surface area contributed by atoms with E-state index in [0.29, 0.717) is 11.3 Å². The van der Waals surface area contributed by atoms with Gasteiger partial charge in [-0.25, -0.2) is 0 Å². The average molecular weight is 277 g/mol. The number of methoxy groups -OCH3 is 1. The number of ether oxygens (including phenoxy) is 1. The van der Waals surface area contributed by atoms with E-state index in [9.17, 15) is 9.59 Å². The Morgan fingerprint density at radius 3 is 2.65 bits per heavy atom. The second-order valence-corrected chi connectivity index (χ2v) is 5.08. The van der Waals surface area contributed by atoms with Gasteiger partial charge in [-0.15, -0.1) is 0 Å². The summed E-state index contributed by atoms with van der Waals surface area (Å²) in [6.07, 6.45) is 1.86. The van der Waals surface area contributed by atoms with Crippen LogP contribution in [0.25, 0.3) is 0 Å². The Hall–Kier alpha value is -2.04. The van der Waals surface area contributed by atoms with Crippen molar-refractivity contribution >= 4 is 11.9 Å². The lowest BCUT2D eigenvalue weighted by atomic mass is 10.1. The molecular weight excluding hydrogens is 258 g/mol. The number of aryl methyl sites for hydroxylation is 1. The van der Waals surface area contributed by atoms with Crippen molar-refractivity contribution in [1.29, 1.82) is 0 Å². The molecule has 5 nitrogen and oxygen atoms in total. The molecule has 0 unspecified atom stereocenters. The largest absolute Gasteiger partial charge is 0.496 e. The molecule has 0 spiro atoms. The summed E-state index contributed by atoms with van der Waals surface area (Å²) in [6, 6.07) is 5.61. The Morgan fingerprint density at radius 1 is 1.40 bits per heavy atom. The number of aliphatic carboxylic acids is 1. The quantitative estimate of drug-likeness (QED) is 0.864. The molecule has 0 radical (unpaired) electrons. The highest BCUT2D eigenvalue weighted by Gasteiger charge is 2.34. The number of carboxylic acid groups (broad SMARTS) is 1. The third kappa shape index (κ3) is 3.29. The number of benzene rings is 1. The van der Waals surface area contributed by atoms with E-state index in [0.717, 1.165) is 18.4 Å². The van der Waals surface area contributed by atoms with Crippen LogP contribution in [0.4, 0.5) is 0 Å². The lowest BCUT2D eigenvalue weighted by molar-refractivity contribution is -0.137. The van der Waals surface area contributed by atoms with Crippen molar-refractivity contribution in [3.05, 3.63) is 29.3 Å². The lowest BCUT2D eigenvalue weighted by Gasteiger charge is -2.23. The highest BCUT2D eigenvalue weighted by atomic mass is 16.5. The van der Waals surface area contributed by atoms with Crippen LogP contribution in [0.3, 0.4) is 0 Å². The number of rotatable bonds is 6. The van der Waals surface area contributed by atoms with Crippen LogP contribution in [-0.4, -0.2) is 41.6 Å². The van der Waals surface area contributed by atoms with Gasteiger partial charge >= 0.3 is 5.97 Å². The SMILES string of the molecule is COc1ccc(C)cc1C(=O)N(CCC(=O)O)C1CC1. The number of hydrogen-bond donors (Lipinski definition) is 1. The third-order valence-electron chi connectivity index (χ3n) is 3.40. The molecular formula is C15H19NO4. The lowest BCUT2D eigenvalue weighted by Crippen LogP contribution is -2.35. The summed E-state index contributed by atoms with van der Waals surface area (Å²) in [7, 11) is 1.53. The van der Waals surface area contributed by atoms with Crippen molar-refractivity contribution in [2.75, 3.05) is 13.7 Å². The summed E-state index contributed by atoms with van der Waals surface area (Å²) in [6.45, 7) is 2.16. The van der Waals surface area contributed by atoms with Crippen molar-refractivity contribution < 1.29 is 19.4 Å². The van der Waals surface area contributed by atoms with Crippen molar-refractivity contribution in [1.82, 2.24) is 4.90 Å². The molecule has 0 aliphatic heterocycles. The molecule has 0 aromatic heterocycles. The first-order valence-corrected chi connectivity index (χ1v) is 6.70. The maximum Gasteiger partial charge on any atom is 0.305 e. The summed E-state index contributed by atoms with van der Waals surface area (Å²) in [5, 5.41) is 8.80. The van der Waals surface area contributed by atoms with Gasteiger partial charge in [0.1, 0.15) is 5.75 Å². The summed E-state index contributed by atoms with van der Waals surface area (Å²) >= 11 is 0. The van der Waals surface area contributed by atoms with E-state index < -0.39 is 5.97 Å². The first kappa shape index (κ1) is 14.4. The summed E-state index contributed by atoms with van der Waals surface area (Å²) in [4.78, 5) is 25.0. The molecule has 1 aromatic rings. The molecule has 1 saturated carbocycles. The fourth-order valence-electron chi connectivity index (χ4n) is 2.20. The number of hydrogen-bond acceptors (Lipinski definition) is 3. The molecule has 1 aliphatic carbocycles. The number of carbonyl (C=O) groups is 2. The molecule has 0 bridgehead atoms. The molecule has 0 heterocycles. The van der Waals surface area contributed by atoms with Crippen molar-refractivity contribution in [2.45, 2.75) is 32.2 Å². The number of amides is 1. The minimum Gasteiger partial charge on any atom is -0.496 e. The van der Waals surface area contributed by atoms with Crippen LogP contribution in [-0.2, 0) is 4.79 Å². The minimum atomic E-state index is -0.889. The Bertz CT molecular complexity index is 523. The number of nitrogens with zero attached hydrogens (tertiary/aromatic N) is 1. The molecule has 0 atom stereocenters. The summed E-state index contributed by atoms with van der Waals surface area (Å²) in [5.41, 5.74) is 1.48. The normalized spacial score (nSPS) is 13.9. The zero-order chi connectivity index (χ0) is 14.7. The summed E-state index contributed by atoms with van der Waals surface area (Å²) < 4.78 is 5.23. The topological polar surface area (TPSA) is 66.8 Å². The minimum absolute atomic E-state index is 0.0314. The van der Waals surface area contributed by atoms with Crippen LogP contribution in [0, 0.1) is 6.92 Å². The molecule has 1 aromatic carbocycles. The van der Waals surface area contributed by atoms with Crippen LogP contribution < -0.4 is 4.74 Å². The third-order valence-corrected chi connectivity index (χ3v) is 3.40. The van der Waals surface area contributed by atoms with E-state index >= 15 is 0 Å². The monoisotopic (exact) mass is 277 g/mol. The average Bonchev–Trinajstić information content (AvgIpc) is 3.23. The molecule has 1 fully saturated rings. The standard InChI is InChI=1S/C15H19NO4/c1-10-3-6-13(20-2)12(9-10)15(19)16(11-4-5-11)8-7-14(17)18/h3,6,9,11H,4-5,7-8H2,1-2H3,(H,17,18). The smallest absolute Gasteiger partial charge is 0.305 e. The van der Waals surface area contributed by atoms with Crippen molar-refractivity contribution in [3.63, 3.8) is 0 Å². The van der Waals surface area contributed by atoms with Crippen LogP contribution in [0.5, 0.6) is 5.75 Å². The zero-order valence-corrected chi connectivity index (χ0v) is 11.8. The van der Waals surface area contributed by atoms with Gasteiger partial charge in [0.15, 0.2) is 0 Å². The van der Waals surface area contributed by atoms with Crippen LogP contribution >= 0.6 is 0 Å². The van der Waals surface area contributed by atoms with Gasteiger partial charge in [0.25, 0.3) is 5.91 Å². The molecule has 5 heteroatoms. The fourth-order valence-corrected chi connectivity index (χ4v) is 2.20. The van der Waals surface area contributed by atoms with Crippen LogP contribution in [0.2, 0.25) is 0 Å². The fraction of sp³-hybridized carbons (Fsp3) is 0.467. The second kappa shape index (κ2) is 5.94. The molecule has 20 heavy (non-hydrogen) atoms. The van der Waals surface area contributed by atoms with Gasteiger partial charge in [-0.3, -0.25) is 9.59 Å². The Balaban J connectivity index is 2.22. The van der Waals surface area contributed by atoms with E-state index in [-0.39, 0.29) is 24.9 Å². The molecule has 1 amide bonds. The van der Waals surface area contributed by atoms with Crippen molar-refractivity contribution in [3.8, 4) is 5.75 Å². The van der Waals surface area contributed by atoms with E-state index in [2.05, 4.69) is 0 Å². The van der Waals surface area contributed by atoms with Crippen molar-refractivity contribution in [2.24, 2.45) is 0 Å². The molecule has 1 N–H and O–H groups in total. The molecule has 0 saturated heterocycles. The van der Waals surface area contributed by atoms with Gasteiger partial charge in [0.05, 0.1) is 19.1 Å². The van der Waals surface area contributed by atoms with E-state index in [1.165, 1.54) is 7.11 Å². The predicted octanol–water partition coefficient (Wildman–Crippen LogP) is 2.08. The van der Waals surface area contributed by atoms with Crippen LogP contribution in [0.15, 0.2) is 18.2 Å². The first-order chi connectivity index (χ1) is 9.52. The number of carbonyl (C=O) groups excluding carboxylic acids is 1. The number of carboxylic acids is 1. The molecule has 1 aliphatic rings. The Kier molecular flexibility index (Phi) is 4.27. The second-order valence-electron chi connectivity index (χ2n) is 5.08. The Labute approximate surface area is 118 Å². The predicted molar refractivity (Wildman–Crippen MR) is 74.0 cm³/mol. The highest BCUT2D eigenvalue weighted by Crippen LogP contribution is 2.30. The van der Waals surface area contributed by atoms with Gasteiger partial charge in [-0.05, 0) is 31.9 Å². The van der Waals surface area contributed by atoms with Crippen LogP contribution in [0.1, 0.15) is 35.2 Å².